The van der Waals surface area contributed by atoms with Crippen molar-refractivity contribution in [1.82, 2.24) is 4.90 Å². The summed E-state index contributed by atoms with van der Waals surface area (Å²) in [7, 11) is 4.01. The van der Waals surface area contributed by atoms with Gasteiger partial charge in [0, 0.05) is 6.54 Å². The summed E-state index contributed by atoms with van der Waals surface area (Å²) < 4.78 is 11.9. The summed E-state index contributed by atoms with van der Waals surface area (Å²) in [5, 5.41) is 41.6. The second-order valence-electron chi connectivity index (χ2n) is 10.1. The predicted octanol–water partition coefficient (Wildman–Crippen LogP) is 3.51. The molecule has 0 amide bonds. The van der Waals surface area contributed by atoms with Crippen LogP contribution in [0.15, 0.2) is 78.9 Å². The highest BCUT2D eigenvalue weighted by Crippen LogP contribution is 2.41. The number of allylic oxidation sites excluding steroid dienone is 1. The van der Waals surface area contributed by atoms with Crippen molar-refractivity contribution in [2.45, 2.75) is 43.9 Å². The lowest BCUT2D eigenvalue weighted by molar-refractivity contribution is -0.231. The number of hydrogen-bond acceptors (Lipinski definition) is 7. The SMILES string of the molecule is CCC(=C(c1ccc(OCCN(C)C)cc1)c1ccccc1C1O[C@H](CO)[C@H](O)[C@H](O)[C@H]1O)c1ccccc1. The Morgan fingerprint density at radius 2 is 1.49 bits per heavy atom. The van der Waals surface area contributed by atoms with Crippen LogP contribution in [0.5, 0.6) is 5.75 Å². The molecule has 7 nitrogen and oxygen atoms in total. The average molecular weight is 534 g/mol. The third-order valence-corrected chi connectivity index (χ3v) is 7.16. The number of aliphatic hydroxyl groups excluding tert-OH is 4. The van der Waals surface area contributed by atoms with Crippen molar-refractivity contribution in [2.75, 3.05) is 33.9 Å². The van der Waals surface area contributed by atoms with E-state index in [0.29, 0.717) is 12.2 Å². The van der Waals surface area contributed by atoms with Crippen molar-refractivity contribution in [2.24, 2.45) is 0 Å². The quantitative estimate of drug-likeness (QED) is 0.296. The normalized spacial score (nSPS) is 23.9. The standard InChI is InChI=1S/C32H39NO6/c1-4-24(21-10-6-5-7-11-21)28(22-14-16-23(17-15-22)38-19-18-33(2)3)25-12-8-9-13-26(25)32-31(37)30(36)29(35)27(20-34)39-32/h5-17,27,29-32,34-37H,4,18-20H2,1-3H3/t27-,29+,30+,31-,32?/m1/s1. The number of nitrogens with zero attached hydrogens (tertiary/aromatic N) is 1. The van der Waals surface area contributed by atoms with Crippen molar-refractivity contribution in [3.05, 3.63) is 101 Å². The van der Waals surface area contributed by atoms with Crippen molar-refractivity contribution in [1.29, 1.82) is 0 Å². The van der Waals surface area contributed by atoms with Gasteiger partial charge in [-0.1, -0.05) is 73.7 Å². The molecule has 1 aliphatic rings. The zero-order valence-corrected chi connectivity index (χ0v) is 22.8. The van der Waals surface area contributed by atoms with Gasteiger partial charge in [-0.2, -0.15) is 0 Å². The van der Waals surface area contributed by atoms with Crippen LogP contribution in [0, 0.1) is 0 Å². The van der Waals surface area contributed by atoms with E-state index in [2.05, 4.69) is 24.0 Å². The molecule has 208 valence electrons. The number of ether oxygens (including phenoxy) is 2. The second kappa shape index (κ2) is 13.3. The lowest BCUT2D eigenvalue weighted by atomic mass is 9.82. The largest absolute Gasteiger partial charge is 0.492 e. The van der Waals surface area contributed by atoms with Gasteiger partial charge >= 0.3 is 0 Å². The minimum Gasteiger partial charge on any atom is -0.492 e. The minimum absolute atomic E-state index is 0.480. The third kappa shape index (κ3) is 6.58. The van der Waals surface area contributed by atoms with Crippen LogP contribution in [0.1, 0.15) is 41.7 Å². The lowest BCUT2D eigenvalue weighted by Gasteiger charge is -2.41. The van der Waals surface area contributed by atoms with Gasteiger partial charge in [0.15, 0.2) is 0 Å². The summed E-state index contributed by atoms with van der Waals surface area (Å²) in [5.41, 5.74) is 5.61. The molecule has 0 bridgehead atoms. The fourth-order valence-electron chi connectivity index (χ4n) is 5.05. The van der Waals surface area contributed by atoms with E-state index in [9.17, 15) is 20.4 Å². The van der Waals surface area contributed by atoms with E-state index in [0.717, 1.165) is 46.6 Å². The molecule has 7 heteroatoms. The van der Waals surface area contributed by atoms with Gasteiger partial charge in [0.2, 0.25) is 0 Å². The summed E-state index contributed by atoms with van der Waals surface area (Å²) in [4.78, 5) is 2.07. The molecule has 39 heavy (non-hydrogen) atoms. The smallest absolute Gasteiger partial charge is 0.119 e. The molecule has 0 spiro atoms. The summed E-state index contributed by atoms with van der Waals surface area (Å²) >= 11 is 0. The Hall–Kier alpha value is -3.04. The molecule has 1 unspecified atom stereocenters. The molecular weight excluding hydrogens is 494 g/mol. The van der Waals surface area contributed by atoms with Crippen molar-refractivity contribution < 1.29 is 29.9 Å². The van der Waals surface area contributed by atoms with Gasteiger partial charge < -0.3 is 34.8 Å². The van der Waals surface area contributed by atoms with Crippen LogP contribution in [0.3, 0.4) is 0 Å². The molecule has 4 rings (SSSR count). The van der Waals surface area contributed by atoms with Crippen molar-refractivity contribution in [3.8, 4) is 5.75 Å². The molecule has 1 fully saturated rings. The van der Waals surface area contributed by atoms with Crippen LogP contribution in [0.2, 0.25) is 0 Å². The zero-order valence-electron chi connectivity index (χ0n) is 22.8. The van der Waals surface area contributed by atoms with Crippen LogP contribution in [-0.4, -0.2) is 83.6 Å². The molecule has 3 aromatic carbocycles. The van der Waals surface area contributed by atoms with E-state index >= 15 is 0 Å². The number of rotatable bonds is 10. The highest BCUT2D eigenvalue weighted by Gasteiger charge is 2.44. The maximum Gasteiger partial charge on any atom is 0.119 e. The van der Waals surface area contributed by atoms with Crippen LogP contribution in [0.25, 0.3) is 11.1 Å². The first-order valence-electron chi connectivity index (χ1n) is 13.4. The first-order valence-corrected chi connectivity index (χ1v) is 13.4. The van der Waals surface area contributed by atoms with Gasteiger partial charge in [0.25, 0.3) is 0 Å². The molecule has 1 aliphatic heterocycles. The minimum atomic E-state index is -1.46. The maximum absolute atomic E-state index is 11.0. The van der Waals surface area contributed by atoms with E-state index in [1.54, 1.807) is 0 Å². The summed E-state index contributed by atoms with van der Waals surface area (Å²) in [6.45, 7) is 3.02. The van der Waals surface area contributed by atoms with Gasteiger partial charge in [0.1, 0.15) is 42.9 Å². The van der Waals surface area contributed by atoms with Gasteiger partial charge in [0.05, 0.1) is 6.61 Å². The fourth-order valence-corrected chi connectivity index (χ4v) is 5.05. The molecule has 3 aromatic rings. The summed E-state index contributed by atoms with van der Waals surface area (Å²) in [6.07, 6.45) is -5.46. The van der Waals surface area contributed by atoms with Gasteiger partial charge in [-0.05, 0) is 66.0 Å². The molecule has 0 aromatic heterocycles. The molecule has 0 radical (unpaired) electrons. The van der Waals surface area contributed by atoms with Crippen LogP contribution in [-0.2, 0) is 4.74 Å². The zero-order chi connectivity index (χ0) is 27.9. The molecule has 0 saturated carbocycles. The highest BCUT2D eigenvalue weighted by atomic mass is 16.5. The maximum atomic E-state index is 11.0. The van der Waals surface area contributed by atoms with E-state index < -0.39 is 37.1 Å². The molecule has 0 aliphatic carbocycles. The van der Waals surface area contributed by atoms with Crippen molar-refractivity contribution in [3.63, 3.8) is 0 Å². The number of aliphatic hydroxyl groups is 4. The summed E-state index contributed by atoms with van der Waals surface area (Å²) in [6, 6.07) is 25.8. The summed E-state index contributed by atoms with van der Waals surface area (Å²) in [5.74, 6) is 0.778. The number of likely N-dealkylation sites (N-methyl/N-ethyl adjacent to an activating group) is 1. The van der Waals surface area contributed by atoms with Crippen LogP contribution >= 0.6 is 0 Å². The highest BCUT2D eigenvalue weighted by molar-refractivity contribution is 5.99. The van der Waals surface area contributed by atoms with Crippen molar-refractivity contribution >= 4 is 11.1 Å². The molecule has 1 saturated heterocycles. The Balaban J connectivity index is 1.84. The molecular formula is C32H39NO6. The number of benzene rings is 3. The van der Waals surface area contributed by atoms with Gasteiger partial charge in [-0.25, -0.2) is 0 Å². The Labute approximate surface area is 230 Å². The first kappa shape index (κ1) is 29.0. The van der Waals surface area contributed by atoms with Gasteiger partial charge in [-0.15, -0.1) is 0 Å². The Morgan fingerprint density at radius 1 is 0.821 bits per heavy atom. The Bertz CT molecular complexity index is 1220. The average Bonchev–Trinajstić information content (AvgIpc) is 2.96. The Morgan fingerprint density at radius 3 is 2.13 bits per heavy atom. The fraction of sp³-hybridized carbons (Fsp3) is 0.375. The lowest BCUT2D eigenvalue weighted by Crippen LogP contribution is -2.55. The predicted molar refractivity (Wildman–Crippen MR) is 152 cm³/mol. The first-order chi connectivity index (χ1) is 18.8. The monoisotopic (exact) mass is 533 g/mol. The topological polar surface area (TPSA) is 103 Å². The molecule has 4 N–H and O–H groups in total. The Kier molecular flexibility index (Phi) is 9.91. The third-order valence-electron chi connectivity index (χ3n) is 7.16. The van der Waals surface area contributed by atoms with E-state index in [1.165, 1.54) is 0 Å². The van der Waals surface area contributed by atoms with Crippen LogP contribution in [0.4, 0.5) is 0 Å². The molecule has 1 heterocycles. The van der Waals surface area contributed by atoms with E-state index in [4.69, 9.17) is 9.47 Å². The van der Waals surface area contributed by atoms with Gasteiger partial charge in [-0.3, -0.25) is 0 Å². The molecule has 5 atom stereocenters. The second-order valence-corrected chi connectivity index (χ2v) is 10.1. The van der Waals surface area contributed by atoms with E-state index in [-0.39, 0.29) is 0 Å². The van der Waals surface area contributed by atoms with Crippen LogP contribution < -0.4 is 4.74 Å². The van der Waals surface area contributed by atoms with E-state index in [1.807, 2.05) is 80.8 Å². The number of hydrogen-bond donors (Lipinski definition) is 4.